The molecule has 1 amide bonds. The van der Waals surface area contributed by atoms with Gasteiger partial charge in [-0.1, -0.05) is 0 Å². The molecule has 2 saturated heterocycles. The summed E-state index contributed by atoms with van der Waals surface area (Å²) in [6.45, 7) is 1.98. The van der Waals surface area contributed by atoms with Gasteiger partial charge in [-0.05, 0) is 38.1 Å². The summed E-state index contributed by atoms with van der Waals surface area (Å²) in [5.41, 5.74) is 0. The Labute approximate surface area is 117 Å². The van der Waals surface area contributed by atoms with E-state index in [0.29, 0.717) is 25.0 Å². The van der Waals surface area contributed by atoms with Crippen molar-refractivity contribution in [2.45, 2.75) is 44.3 Å². The van der Waals surface area contributed by atoms with E-state index < -0.39 is 18.5 Å². The van der Waals surface area contributed by atoms with Gasteiger partial charge in [-0.3, -0.25) is 4.79 Å². The Kier molecular flexibility index (Phi) is 5.92. The number of nitrogens with zero attached hydrogens (tertiary/aromatic N) is 1. The molecular weight excluding hydrogens is 281 g/mol. The van der Waals surface area contributed by atoms with Crippen LogP contribution in [0.1, 0.15) is 32.1 Å². The lowest BCUT2D eigenvalue weighted by molar-refractivity contribution is -0.162. The molecule has 112 valence electrons. The molecule has 2 aliphatic rings. The number of carbonyl (C=O) groups excluding carboxylic acids is 1. The SMILES string of the molecule is Cl.O=C(CC(F)(F)F)N1CCC(C2CCCN2)CC1. The third-order valence-corrected chi connectivity index (χ3v) is 3.91. The molecule has 19 heavy (non-hydrogen) atoms. The predicted molar refractivity (Wildman–Crippen MR) is 68.2 cm³/mol. The molecule has 2 heterocycles. The van der Waals surface area contributed by atoms with Gasteiger partial charge in [0.2, 0.25) is 5.91 Å². The Morgan fingerprint density at radius 1 is 1.21 bits per heavy atom. The number of likely N-dealkylation sites (tertiary alicyclic amines) is 1. The van der Waals surface area contributed by atoms with Crippen LogP contribution in [0.5, 0.6) is 0 Å². The van der Waals surface area contributed by atoms with E-state index in [0.717, 1.165) is 25.8 Å². The first-order chi connectivity index (χ1) is 8.46. The number of nitrogens with one attached hydrogen (secondary N) is 1. The zero-order valence-corrected chi connectivity index (χ0v) is 11.5. The van der Waals surface area contributed by atoms with Crippen molar-refractivity contribution >= 4 is 18.3 Å². The quantitative estimate of drug-likeness (QED) is 0.849. The smallest absolute Gasteiger partial charge is 0.342 e. The number of amides is 1. The molecule has 7 heteroatoms. The second-order valence-electron chi connectivity index (χ2n) is 5.21. The van der Waals surface area contributed by atoms with E-state index >= 15 is 0 Å². The van der Waals surface area contributed by atoms with E-state index in [9.17, 15) is 18.0 Å². The van der Waals surface area contributed by atoms with Gasteiger partial charge in [-0.2, -0.15) is 13.2 Å². The Morgan fingerprint density at radius 3 is 2.32 bits per heavy atom. The summed E-state index contributed by atoms with van der Waals surface area (Å²) in [4.78, 5) is 12.8. The molecule has 2 rings (SSSR count). The third kappa shape index (κ3) is 4.84. The van der Waals surface area contributed by atoms with Gasteiger partial charge in [0.25, 0.3) is 0 Å². The molecular formula is C12H20ClF3N2O. The number of alkyl halides is 3. The summed E-state index contributed by atoms with van der Waals surface area (Å²) < 4.78 is 36.4. The van der Waals surface area contributed by atoms with Crippen molar-refractivity contribution in [1.82, 2.24) is 10.2 Å². The van der Waals surface area contributed by atoms with Crippen LogP contribution in [0.25, 0.3) is 0 Å². The van der Waals surface area contributed by atoms with Crippen LogP contribution < -0.4 is 5.32 Å². The van der Waals surface area contributed by atoms with E-state index in [1.54, 1.807) is 0 Å². The standard InChI is InChI=1S/C12H19F3N2O.ClH/c13-12(14,15)8-11(18)17-6-3-9(4-7-17)10-2-1-5-16-10;/h9-10,16H,1-8H2;1H. The van der Waals surface area contributed by atoms with Gasteiger partial charge in [0, 0.05) is 19.1 Å². The van der Waals surface area contributed by atoms with Crippen LogP contribution in [0.15, 0.2) is 0 Å². The number of hydrogen-bond donors (Lipinski definition) is 1. The van der Waals surface area contributed by atoms with Crippen LogP contribution in [0.4, 0.5) is 13.2 Å². The van der Waals surface area contributed by atoms with Gasteiger partial charge < -0.3 is 10.2 Å². The maximum absolute atomic E-state index is 12.1. The van der Waals surface area contributed by atoms with E-state index in [1.165, 1.54) is 11.3 Å². The number of hydrogen-bond acceptors (Lipinski definition) is 2. The lowest BCUT2D eigenvalue weighted by Gasteiger charge is -2.35. The van der Waals surface area contributed by atoms with Crippen LogP contribution in [0.2, 0.25) is 0 Å². The van der Waals surface area contributed by atoms with Crippen LogP contribution in [0.3, 0.4) is 0 Å². The van der Waals surface area contributed by atoms with Gasteiger partial charge in [-0.25, -0.2) is 0 Å². The summed E-state index contributed by atoms with van der Waals surface area (Å²) in [6, 6.07) is 0.505. The van der Waals surface area contributed by atoms with Crippen LogP contribution >= 0.6 is 12.4 Å². The van der Waals surface area contributed by atoms with Crippen molar-refractivity contribution < 1.29 is 18.0 Å². The first-order valence-corrected chi connectivity index (χ1v) is 6.53. The summed E-state index contributed by atoms with van der Waals surface area (Å²) in [6.07, 6.45) is -1.73. The molecule has 0 aromatic carbocycles. The number of halogens is 4. The van der Waals surface area contributed by atoms with Crippen molar-refractivity contribution in [2.75, 3.05) is 19.6 Å². The van der Waals surface area contributed by atoms with Crippen LogP contribution in [0, 0.1) is 5.92 Å². The molecule has 1 N–H and O–H groups in total. The van der Waals surface area contributed by atoms with Gasteiger partial charge in [0.05, 0.1) is 0 Å². The molecule has 0 spiro atoms. The summed E-state index contributed by atoms with van der Waals surface area (Å²) >= 11 is 0. The highest BCUT2D eigenvalue weighted by molar-refractivity contribution is 5.85. The zero-order valence-electron chi connectivity index (χ0n) is 10.7. The Morgan fingerprint density at radius 2 is 1.84 bits per heavy atom. The van der Waals surface area contributed by atoms with Gasteiger partial charge in [-0.15, -0.1) is 12.4 Å². The molecule has 0 radical (unpaired) electrons. The Hall–Kier alpha value is -0.490. The number of rotatable bonds is 2. The van der Waals surface area contributed by atoms with Gasteiger partial charge in [0.1, 0.15) is 6.42 Å². The van der Waals surface area contributed by atoms with E-state index in [1.807, 2.05) is 0 Å². The minimum atomic E-state index is -4.39. The fraction of sp³-hybridized carbons (Fsp3) is 0.917. The van der Waals surface area contributed by atoms with Crippen LogP contribution in [-0.4, -0.2) is 42.7 Å². The third-order valence-electron chi connectivity index (χ3n) is 3.91. The molecule has 1 unspecified atom stereocenters. The van der Waals surface area contributed by atoms with Crippen LogP contribution in [-0.2, 0) is 4.79 Å². The molecule has 0 aromatic rings. The lowest BCUT2D eigenvalue weighted by Crippen LogP contribution is -2.44. The minimum Gasteiger partial charge on any atom is -0.342 e. The fourth-order valence-corrected chi connectivity index (χ4v) is 2.95. The maximum Gasteiger partial charge on any atom is 0.397 e. The molecule has 2 aliphatic heterocycles. The topological polar surface area (TPSA) is 32.3 Å². The van der Waals surface area contributed by atoms with Crippen molar-refractivity contribution in [3.8, 4) is 0 Å². The van der Waals surface area contributed by atoms with E-state index in [-0.39, 0.29) is 12.4 Å². The zero-order chi connectivity index (χ0) is 13.2. The highest BCUT2D eigenvalue weighted by Gasteiger charge is 2.35. The minimum absolute atomic E-state index is 0. The number of piperidine rings is 1. The van der Waals surface area contributed by atoms with E-state index in [2.05, 4.69) is 5.32 Å². The van der Waals surface area contributed by atoms with Crippen molar-refractivity contribution in [2.24, 2.45) is 5.92 Å². The highest BCUT2D eigenvalue weighted by atomic mass is 35.5. The fourth-order valence-electron chi connectivity index (χ4n) is 2.95. The average molecular weight is 301 g/mol. The molecule has 3 nitrogen and oxygen atoms in total. The predicted octanol–water partition coefficient (Wildman–Crippen LogP) is 2.35. The summed E-state index contributed by atoms with van der Waals surface area (Å²) in [5, 5.41) is 3.43. The largest absolute Gasteiger partial charge is 0.397 e. The van der Waals surface area contributed by atoms with Crippen molar-refractivity contribution in [3.63, 3.8) is 0 Å². The lowest BCUT2D eigenvalue weighted by atomic mass is 9.88. The second-order valence-corrected chi connectivity index (χ2v) is 5.21. The Balaban J connectivity index is 0.00000180. The summed E-state index contributed by atoms with van der Waals surface area (Å²) in [5.74, 6) is -0.261. The molecule has 0 aliphatic carbocycles. The first-order valence-electron chi connectivity index (χ1n) is 6.53. The highest BCUT2D eigenvalue weighted by Crippen LogP contribution is 2.27. The Bertz CT molecular complexity index is 298. The molecule has 1 atom stereocenters. The molecule has 0 aromatic heterocycles. The molecule has 0 saturated carbocycles. The molecule has 0 bridgehead atoms. The second kappa shape index (κ2) is 6.79. The normalized spacial score (nSPS) is 25.2. The monoisotopic (exact) mass is 300 g/mol. The van der Waals surface area contributed by atoms with Crippen molar-refractivity contribution in [3.05, 3.63) is 0 Å². The van der Waals surface area contributed by atoms with E-state index in [4.69, 9.17) is 0 Å². The maximum atomic E-state index is 12.1. The van der Waals surface area contributed by atoms with Gasteiger partial charge in [0.15, 0.2) is 0 Å². The average Bonchev–Trinajstić information content (AvgIpc) is 2.80. The number of carbonyl (C=O) groups is 1. The first kappa shape index (κ1) is 16.6. The molecule has 2 fully saturated rings. The summed E-state index contributed by atoms with van der Waals surface area (Å²) in [7, 11) is 0. The van der Waals surface area contributed by atoms with Crippen molar-refractivity contribution in [1.29, 1.82) is 0 Å². The van der Waals surface area contributed by atoms with Gasteiger partial charge >= 0.3 is 6.18 Å².